The normalized spacial score (nSPS) is 20.9. The predicted molar refractivity (Wildman–Crippen MR) is 61.7 cm³/mol. The van der Waals surface area contributed by atoms with Crippen LogP contribution in [0.15, 0.2) is 11.2 Å². The van der Waals surface area contributed by atoms with Gasteiger partial charge < -0.3 is 5.11 Å². The summed E-state index contributed by atoms with van der Waals surface area (Å²) in [5.74, 6) is 0. The van der Waals surface area contributed by atoms with Crippen LogP contribution in [0.1, 0.15) is 32.3 Å². The zero-order valence-corrected chi connectivity index (χ0v) is 10.8. The molecule has 0 aliphatic carbocycles. The van der Waals surface area contributed by atoms with Gasteiger partial charge in [-0.1, -0.05) is 0 Å². The Labute approximate surface area is 101 Å². The molecule has 17 heavy (non-hydrogen) atoms. The van der Waals surface area contributed by atoms with Crippen molar-refractivity contribution in [3.05, 3.63) is 11.8 Å². The number of H-pyrrole nitrogens is 1. The first-order valence-corrected chi connectivity index (χ1v) is 6.99. The fourth-order valence-electron chi connectivity index (χ4n) is 2.27. The molecule has 0 atom stereocenters. The first kappa shape index (κ1) is 12.5. The molecular formula is C10H17N3O3S. The maximum atomic E-state index is 12.4. The molecule has 1 aromatic heterocycles. The highest BCUT2D eigenvalue weighted by atomic mass is 32.2. The van der Waals surface area contributed by atoms with E-state index in [0.29, 0.717) is 12.1 Å². The predicted octanol–water partition coefficient (Wildman–Crippen LogP) is 0.465. The van der Waals surface area contributed by atoms with Crippen molar-refractivity contribution in [1.29, 1.82) is 0 Å². The number of aliphatic hydroxyl groups is 1. The second-order valence-corrected chi connectivity index (χ2v) is 6.67. The van der Waals surface area contributed by atoms with Crippen molar-refractivity contribution < 1.29 is 13.5 Å². The monoisotopic (exact) mass is 259 g/mol. The lowest BCUT2D eigenvalue weighted by molar-refractivity contribution is 0.273. The molecule has 2 N–H and O–H groups in total. The van der Waals surface area contributed by atoms with Gasteiger partial charge in [0.2, 0.25) is 0 Å². The Kier molecular flexibility index (Phi) is 3.01. The molecule has 0 saturated carbocycles. The Morgan fingerprint density at radius 3 is 2.82 bits per heavy atom. The maximum Gasteiger partial charge on any atom is 0.260 e. The summed E-state index contributed by atoms with van der Waals surface area (Å²) in [5.41, 5.74) is -0.0656. The Morgan fingerprint density at radius 2 is 2.29 bits per heavy atom. The van der Waals surface area contributed by atoms with Gasteiger partial charge in [-0.3, -0.25) is 5.10 Å². The van der Waals surface area contributed by atoms with Gasteiger partial charge in [-0.05, 0) is 26.7 Å². The molecule has 0 spiro atoms. The zero-order valence-electron chi connectivity index (χ0n) is 9.97. The summed E-state index contributed by atoms with van der Waals surface area (Å²) in [4.78, 5) is 0. The van der Waals surface area contributed by atoms with E-state index < -0.39 is 10.0 Å². The van der Waals surface area contributed by atoms with Gasteiger partial charge in [-0.15, -0.1) is 0 Å². The van der Waals surface area contributed by atoms with E-state index in [-0.39, 0.29) is 17.2 Å². The average Bonchev–Trinajstić information content (AvgIpc) is 2.83. The standard InChI is InChI=1S/C10H17N3O3S/c1-10(2)4-3-5-13(10)17(15,16)9-8(7-14)6-11-12-9/h6,14H,3-5,7H2,1-2H3,(H,11,12). The molecular weight excluding hydrogens is 242 g/mol. The zero-order chi connectivity index (χ0) is 12.7. The van der Waals surface area contributed by atoms with Crippen molar-refractivity contribution in [3.63, 3.8) is 0 Å². The minimum atomic E-state index is -3.59. The van der Waals surface area contributed by atoms with E-state index in [1.807, 2.05) is 13.8 Å². The largest absolute Gasteiger partial charge is 0.392 e. The van der Waals surface area contributed by atoms with E-state index in [2.05, 4.69) is 10.2 Å². The molecule has 6 nitrogen and oxygen atoms in total. The molecule has 0 aromatic carbocycles. The van der Waals surface area contributed by atoms with E-state index in [4.69, 9.17) is 5.11 Å². The van der Waals surface area contributed by atoms with Crippen LogP contribution in [-0.2, 0) is 16.6 Å². The van der Waals surface area contributed by atoms with Crippen LogP contribution in [0.25, 0.3) is 0 Å². The summed E-state index contributed by atoms with van der Waals surface area (Å²) >= 11 is 0. The molecule has 0 unspecified atom stereocenters. The van der Waals surface area contributed by atoms with Crippen LogP contribution in [0.2, 0.25) is 0 Å². The fraction of sp³-hybridized carbons (Fsp3) is 0.700. The van der Waals surface area contributed by atoms with E-state index in [0.717, 1.165) is 12.8 Å². The minimum Gasteiger partial charge on any atom is -0.392 e. The van der Waals surface area contributed by atoms with Gasteiger partial charge >= 0.3 is 0 Å². The molecule has 0 bridgehead atoms. The van der Waals surface area contributed by atoms with E-state index in [1.54, 1.807) is 0 Å². The van der Waals surface area contributed by atoms with Gasteiger partial charge in [0.05, 0.1) is 12.8 Å². The number of aromatic amines is 1. The van der Waals surface area contributed by atoms with E-state index >= 15 is 0 Å². The van der Waals surface area contributed by atoms with Crippen molar-refractivity contribution in [1.82, 2.24) is 14.5 Å². The Hall–Kier alpha value is -0.920. The quantitative estimate of drug-likeness (QED) is 0.826. The van der Waals surface area contributed by atoms with Crippen LogP contribution in [0.4, 0.5) is 0 Å². The Morgan fingerprint density at radius 1 is 1.59 bits per heavy atom. The average molecular weight is 259 g/mol. The third-order valence-electron chi connectivity index (χ3n) is 3.22. The molecule has 1 aliphatic heterocycles. The maximum absolute atomic E-state index is 12.4. The van der Waals surface area contributed by atoms with Crippen molar-refractivity contribution in [2.75, 3.05) is 6.54 Å². The number of aromatic nitrogens is 2. The first-order valence-electron chi connectivity index (χ1n) is 5.55. The molecule has 2 rings (SSSR count). The molecule has 1 saturated heterocycles. The first-order chi connectivity index (χ1) is 7.89. The number of nitrogens with one attached hydrogen (secondary N) is 1. The molecule has 1 aliphatic rings. The number of aliphatic hydroxyl groups excluding tert-OH is 1. The van der Waals surface area contributed by atoms with Gasteiger partial charge in [0.1, 0.15) is 0 Å². The topological polar surface area (TPSA) is 86.3 Å². The third kappa shape index (κ3) is 1.98. The van der Waals surface area contributed by atoms with Gasteiger partial charge in [-0.25, -0.2) is 8.42 Å². The van der Waals surface area contributed by atoms with Gasteiger partial charge in [0.25, 0.3) is 10.0 Å². The molecule has 2 heterocycles. The van der Waals surface area contributed by atoms with Crippen molar-refractivity contribution in [3.8, 4) is 0 Å². The molecule has 96 valence electrons. The highest BCUT2D eigenvalue weighted by molar-refractivity contribution is 7.89. The Bertz CT molecular complexity index is 507. The summed E-state index contributed by atoms with van der Waals surface area (Å²) in [7, 11) is -3.59. The highest BCUT2D eigenvalue weighted by Crippen LogP contribution is 2.34. The molecule has 1 aromatic rings. The van der Waals surface area contributed by atoms with Gasteiger partial charge in [0.15, 0.2) is 5.03 Å². The number of hydrogen-bond acceptors (Lipinski definition) is 4. The molecule has 1 fully saturated rings. The number of nitrogens with zero attached hydrogens (tertiary/aromatic N) is 2. The van der Waals surface area contributed by atoms with Crippen LogP contribution in [-0.4, -0.2) is 40.1 Å². The SMILES string of the molecule is CC1(C)CCCN1S(=O)(=O)c1[nH]ncc1CO. The molecule has 0 radical (unpaired) electrons. The molecule has 7 heteroatoms. The second-order valence-electron chi connectivity index (χ2n) is 4.88. The summed E-state index contributed by atoms with van der Waals surface area (Å²) in [6, 6.07) is 0. The highest BCUT2D eigenvalue weighted by Gasteiger charge is 2.42. The number of rotatable bonds is 3. The number of sulfonamides is 1. The smallest absolute Gasteiger partial charge is 0.260 e. The van der Waals surface area contributed by atoms with Crippen LogP contribution < -0.4 is 0 Å². The van der Waals surface area contributed by atoms with Crippen LogP contribution in [0, 0.1) is 0 Å². The second kappa shape index (κ2) is 4.08. The summed E-state index contributed by atoms with van der Waals surface area (Å²) in [5, 5.41) is 15.3. The lowest BCUT2D eigenvalue weighted by Crippen LogP contribution is -2.42. The van der Waals surface area contributed by atoms with E-state index in [1.165, 1.54) is 10.5 Å². The Balaban J connectivity index is 2.44. The van der Waals surface area contributed by atoms with Crippen LogP contribution in [0.5, 0.6) is 0 Å². The lowest BCUT2D eigenvalue weighted by Gasteiger charge is -2.30. The fourth-order valence-corrected chi connectivity index (χ4v) is 4.22. The lowest BCUT2D eigenvalue weighted by atomic mass is 10.0. The van der Waals surface area contributed by atoms with Gasteiger partial charge in [-0.2, -0.15) is 9.40 Å². The van der Waals surface area contributed by atoms with E-state index in [9.17, 15) is 8.42 Å². The minimum absolute atomic E-state index is 0.00924. The summed E-state index contributed by atoms with van der Waals surface area (Å²) in [6.07, 6.45) is 3.04. The summed E-state index contributed by atoms with van der Waals surface area (Å²) in [6.45, 7) is 4.00. The van der Waals surface area contributed by atoms with Crippen molar-refractivity contribution >= 4 is 10.0 Å². The van der Waals surface area contributed by atoms with Crippen LogP contribution >= 0.6 is 0 Å². The molecule has 0 amide bonds. The van der Waals surface area contributed by atoms with Crippen LogP contribution in [0.3, 0.4) is 0 Å². The van der Waals surface area contributed by atoms with Crippen molar-refractivity contribution in [2.45, 2.75) is 43.9 Å². The van der Waals surface area contributed by atoms with Gasteiger partial charge in [0, 0.05) is 17.6 Å². The summed E-state index contributed by atoms with van der Waals surface area (Å²) < 4.78 is 26.3. The number of hydrogen-bond donors (Lipinski definition) is 2. The van der Waals surface area contributed by atoms with Crippen molar-refractivity contribution in [2.24, 2.45) is 0 Å². The third-order valence-corrected chi connectivity index (χ3v) is 5.35.